The van der Waals surface area contributed by atoms with Crippen molar-refractivity contribution in [2.45, 2.75) is 19.9 Å². The van der Waals surface area contributed by atoms with Crippen LogP contribution in [-0.4, -0.2) is 31.0 Å². The Morgan fingerprint density at radius 1 is 1.29 bits per heavy atom. The topological polar surface area (TPSA) is 111 Å². The lowest BCUT2D eigenvalue weighted by atomic mass is 10.4. The summed E-state index contributed by atoms with van der Waals surface area (Å²) in [5.74, 6) is 1.15. The van der Waals surface area contributed by atoms with Gasteiger partial charge >= 0.3 is 5.69 Å². The molecule has 0 atom stereocenters. The van der Waals surface area contributed by atoms with Crippen LogP contribution in [0, 0.1) is 10.1 Å². The first-order chi connectivity index (χ1) is 10.1. The monoisotopic (exact) mass is 291 g/mol. The maximum Gasteiger partial charge on any atom is 0.353 e. The summed E-state index contributed by atoms with van der Waals surface area (Å²) in [4.78, 5) is 22.8. The Morgan fingerprint density at radius 3 is 2.57 bits per heavy atom. The minimum Gasteiger partial charge on any atom is -0.364 e. The van der Waals surface area contributed by atoms with Crippen molar-refractivity contribution in [2.24, 2.45) is 7.05 Å². The van der Waals surface area contributed by atoms with E-state index in [0.717, 1.165) is 12.2 Å². The molecule has 2 heterocycles. The number of nitrogens with zero attached hydrogens (tertiary/aromatic N) is 5. The number of rotatable bonds is 7. The summed E-state index contributed by atoms with van der Waals surface area (Å²) in [5.41, 5.74) is -0.153. The van der Waals surface area contributed by atoms with Gasteiger partial charge in [0.25, 0.3) is 0 Å². The quantitative estimate of drug-likeness (QED) is 0.588. The zero-order valence-corrected chi connectivity index (χ0v) is 11.9. The second-order valence-corrected chi connectivity index (χ2v) is 4.41. The fourth-order valence-electron chi connectivity index (χ4n) is 1.78. The highest BCUT2D eigenvalue weighted by Gasteiger charge is 2.22. The van der Waals surface area contributed by atoms with Gasteiger partial charge in [-0.1, -0.05) is 6.92 Å². The van der Waals surface area contributed by atoms with Crippen LogP contribution in [0.25, 0.3) is 0 Å². The van der Waals surface area contributed by atoms with Crippen molar-refractivity contribution in [3.05, 3.63) is 34.7 Å². The number of imidazole rings is 1. The summed E-state index contributed by atoms with van der Waals surface area (Å²) >= 11 is 0. The van der Waals surface area contributed by atoms with Crippen LogP contribution in [-0.2, 0) is 13.6 Å². The van der Waals surface area contributed by atoms with E-state index >= 15 is 0 Å². The molecule has 0 fully saturated rings. The Hall–Kier alpha value is -2.71. The molecule has 21 heavy (non-hydrogen) atoms. The second-order valence-electron chi connectivity index (χ2n) is 4.41. The highest BCUT2D eigenvalue weighted by molar-refractivity contribution is 5.69. The van der Waals surface area contributed by atoms with E-state index in [0.29, 0.717) is 13.1 Å². The molecule has 2 aromatic rings. The first-order valence-corrected chi connectivity index (χ1v) is 6.56. The molecule has 2 rings (SSSR count). The molecular weight excluding hydrogens is 274 g/mol. The van der Waals surface area contributed by atoms with E-state index in [-0.39, 0.29) is 17.3 Å². The van der Waals surface area contributed by atoms with Crippen molar-refractivity contribution in [2.75, 3.05) is 17.2 Å². The normalized spacial score (nSPS) is 10.4. The van der Waals surface area contributed by atoms with Crippen molar-refractivity contribution in [1.82, 2.24) is 19.5 Å². The fraction of sp³-hybridized carbons (Fsp3) is 0.417. The van der Waals surface area contributed by atoms with Crippen molar-refractivity contribution in [1.29, 1.82) is 0 Å². The summed E-state index contributed by atoms with van der Waals surface area (Å²) in [7, 11) is 1.85. The highest BCUT2D eigenvalue weighted by atomic mass is 16.6. The van der Waals surface area contributed by atoms with Crippen LogP contribution < -0.4 is 10.6 Å². The molecule has 0 spiro atoms. The van der Waals surface area contributed by atoms with Crippen LogP contribution in [0.15, 0.2) is 18.7 Å². The fourth-order valence-corrected chi connectivity index (χ4v) is 1.78. The molecular formula is C12H17N7O2. The number of aryl methyl sites for hydroxylation is 1. The Kier molecular flexibility index (Phi) is 4.64. The predicted molar refractivity (Wildman–Crippen MR) is 78.0 cm³/mol. The van der Waals surface area contributed by atoms with Crippen LogP contribution >= 0.6 is 0 Å². The smallest absolute Gasteiger partial charge is 0.353 e. The molecule has 0 aliphatic heterocycles. The average Bonchev–Trinajstić information content (AvgIpc) is 2.87. The summed E-state index contributed by atoms with van der Waals surface area (Å²) < 4.78 is 1.83. The molecule has 9 nitrogen and oxygen atoms in total. The van der Waals surface area contributed by atoms with Crippen molar-refractivity contribution in [3.8, 4) is 0 Å². The highest BCUT2D eigenvalue weighted by Crippen LogP contribution is 2.28. The molecule has 0 saturated carbocycles. The zero-order chi connectivity index (χ0) is 15.2. The van der Waals surface area contributed by atoms with Crippen LogP contribution in [0.1, 0.15) is 19.2 Å². The van der Waals surface area contributed by atoms with E-state index < -0.39 is 4.92 Å². The molecule has 2 N–H and O–H groups in total. The van der Waals surface area contributed by atoms with Crippen LogP contribution in [0.3, 0.4) is 0 Å². The second kappa shape index (κ2) is 6.64. The molecule has 0 amide bonds. The van der Waals surface area contributed by atoms with Gasteiger partial charge in [0.15, 0.2) is 0 Å². The number of nitro groups is 1. The van der Waals surface area contributed by atoms with Crippen LogP contribution in [0.4, 0.5) is 17.3 Å². The predicted octanol–water partition coefficient (Wildman–Crippen LogP) is 1.55. The standard InChI is InChI=1S/C12H17N7O2/c1-3-4-14-11-10(19(20)21)12(17-8-16-11)15-7-9-13-5-6-18(9)2/h5-6,8H,3-4,7H2,1-2H3,(H2,14,15,16,17). The van der Waals surface area contributed by atoms with E-state index in [4.69, 9.17) is 0 Å². The minimum absolute atomic E-state index is 0.153. The molecule has 0 aliphatic carbocycles. The molecule has 0 aromatic carbocycles. The third kappa shape index (κ3) is 3.44. The lowest BCUT2D eigenvalue weighted by molar-refractivity contribution is -0.383. The van der Waals surface area contributed by atoms with E-state index in [1.807, 2.05) is 18.5 Å². The molecule has 9 heteroatoms. The summed E-state index contributed by atoms with van der Waals surface area (Å²) in [6.07, 6.45) is 5.61. The summed E-state index contributed by atoms with van der Waals surface area (Å²) in [5, 5.41) is 17.1. The largest absolute Gasteiger partial charge is 0.364 e. The van der Waals surface area contributed by atoms with Crippen molar-refractivity contribution in [3.63, 3.8) is 0 Å². The molecule has 0 unspecified atom stereocenters. The lowest BCUT2D eigenvalue weighted by Crippen LogP contribution is -2.12. The molecule has 0 radical (unpaired) electrons. The third-order valence-electron chi connectivity index (χ3n) is 2.88. The van der Waals surface area contributed by atoms with E-state index in [1.165, 1.54) is 6.33 Å². The molecule has 0 saturated heterocycles. The maximum atomic E-state index is 11.3. The van der Waals surface area contributed by atoms with Gasteiger partial charge in [0.1, 0.15) is 12.2 Å². The van der Waals surface area contributed by atoms with Crippen molar-refractivity contribution < 1.29 is 4.92 Å². The Bertz CT molecular complexity index is 626. The number of nitrogens with one attached hydrogen (secondary N) is 2. The maximum absolute atomic E-state index is 11.3. The molecule has 0 aliphatic rings. The number of aromatic nitrogens is 4. The molecule has 2 aromatic heterocycles. The number of hydrogen-bond donors (Lipinski definition) is 2. The van der Waals surface area contributed by atoms with Gasteiger partial charge in [-0.2, -0.15) is 0 Å². The zero-order valence-electron chi connectivity index (χ0n) is 11.9. The first kappa shape index (κ1) is 14.7. The van der Waals surface area contributed by atoms with Crippen molar-refractivity contribution >= 4 is 17.3 Å². The van der Waals surface area contributed by atoms with Gasteiger partial charge in [-0.15, -0.1) is 0 Å². The molecule has 0 bridgehead atoms. The lowest BCUT2D eigenvalue weighted by Gasteiger charge is -2.09. The summed E-state index contributed by atoms with van der Waals surface area (Å²) in [6.45, 7) is 2.92. The first-order valence-electron chi connectivity index (χ1n) is 6.56. The Morgan fingerprint density at radius 2 is 2.00 bits per heavy atom. The number of hydrogen-bond acceptors (Lipinski definition) is 7. The van der Waals surface area contributed by atoms with Gasteiger partial charge in [-0.3, -0.25) is 10.1 Å². The average molecular weight is 291 g/mol. The SMILES string of the molecule is CCCNc1ncnc(NCc2nccn2C)c1[N+](=O)[O-]. The van der Waals surface area contributed by atoms with Gasteiger partial charge < -0.3 is 15.2 Å². The summed E-state index contributed by atoms with van der Waals surface area (Å²) in [6, 6.07) is 0. The third-order valence-corrected chi connectivity index (χ3v) is 2.88. The van der Waals surface area contributed by atoms with Gasteiger partial charge in [0.05, 0.1) is 11.5 Å². The molecule has 112 valence electrons. The van der Waals surface area contributed by atoms with Gasteiger partial charge in [-0.05, 0) is 6.42 Å². The minimum atomic E-state index is -0.487. The van der Waals surface area contributed by atoms with Crippen LogP contribution in [0.5, 0.6) is 0 Å². The number of anilines is 2. The van der Waals surface area contributed by atoms with E-state index in [9.17, 15) is 10.1 Å². The van der Waals surface area contributed by atoms with E-state index in [1.54, 1.807) is 12.4 Å². The van der Waals surface area contributed by atoms with Gasteiger partial charge in [-0.25, -0.2) is 15.0 Å². The Labute approximate surface area is 121 Å². The van der Waals surface area contributed by atoms with E-state index in [2.05, 4.69) is 25.6 Å². The van der Waals surface area contributed by atoms with Gasteiger partial charge in [0, 0.05) is 26.0 Å². The van der Waals surface area contributed by atoms with Gasteiger partial charge in [0.2, 0.25) is 11.6 Å². The Balaban J connectivity index is 2.21. The van der Waals surface area contributed by atoms with Crippen LogP contribution in [0.2, 0.25) is 0 Å².